The molecule has 0 aromatic rings. The Labute approximate surface area is 67.3 Å². The lowest BCUT2D eigenvalue weighted by Crippen LogP contribution is -2.38. The molecule has 1 heterocycles. The number of ether oxygens (including phenoxy) is 2. The van der Waals surface area contributed by atoms with Crippen molar-refractivity contribution < 1.29 is 14.6 Å². The molecule has 3 heteroatoms. The van der Waals surface area contributed by atoms with E-state index in [-0.39, 0.29) is 12.2 Å². The molecule has 0 amide bonds. The Morgan fingerprint density at radius 1 is 1.45 bits per heavy atom. The van der Waals surface area contributed by atoms with Crippen molar-refractivity contribution in [3.63, 3.8) is 0 Å². The number of hydrogen-bond acceptors (Lipinski definition) is 3. The van der Waals surface area contributed by atoms with Crippen LogP contribution in [-0.4, -0.2) is 37.6 Å². The molecule has 0 aromatic carbocycles. The Kier molecular flexibility index (Phi) is 3.30. The molecular weight excluding hydrogens is 144 g/mol. The molecule has 0 spiro atoms. The number of aliphatic hydroxyl groups excluding tert-OH is 1. The Balaban J connectivity index is 2.42. The van der Waals surface area contributed by atoms with Crippen molar-refractivity contribution in [2.24, 2.45) is 0 Å². The molecule has 0 atom stereocenters. The van der Waals surface area contributed by atoms with E-state index in [4.69, 9.17) is 14.6 Å². The van der Waals surface area contributed by atoms with Gasteiger partial charge in [0.1, 0.15) is 0 Å². The van der Waals surface area contributed by atoms with E-state index in [9.17, 15) is 0 Å². The summed E-state index contributed by atoms with van der Waals surface area (Å²) in [6.07, 6.45) is 2.54. The van der Waals surface area contributed by atoms with Gasteiger partial charge in [0, 0.05) is 26.9 Å². The molecule has 3 nitrogen and oxygen atoms in total. The first-order valence-electron chi connectivity index (χ1n) is 4.07. The highest BCUT2D eigenvalue weighted by atomic mass is 16.5. The Morgan fingerprint density at radius 3 is 2.55 bits per heavy atom. The average Bonchev–Trinajstić information content (AvgIpc) is 2.07. The molecule has 0 radical (unpaired) electrons. The molecule has 0 aromatic heterocycles. The topological polar surface area (TPSA) is 38.7 Å². The van der Waals surface area contributed by atoms with Gasteiger partial charge in [0.05, 0.1) is 5.60 Å². The second-order valence-electron chi connectivity index (χ2n) is 2.97. The minimum absolute atomic E-state index is 0.104. The van der Waals surface area contributed by atoms with E-state index in [1.807, 2.05) is 0 Å². The maximum atomic E-state index is 8.79. The monoisotopic (exact) mass is 160 g/mol. The lowest BCUT2D eigenvalue weighted by atomic mass is 9.91. The van der Waals surface area contributed by atoms with Crippen LogP contribution < -0.4 is 0 Å². The zero-order valence-electron chi connectivity index (χ0n) is 7.01. The summed E-state index contributed by atoms with van der Waals surface area (Å²) in [6.45, 7) is 1.72. The number of aliphatic hydroxyl groups is 1. The van der Waals surface area contributed by atoms with Crippen LogP contribution in [0.2, 0.25) is 0 Å². The molecule has 1 aliphatic heterocycles. The molecule has 1 aliphatic rings. The van der Waals surface area contributed by atoms with Gasteiger partial charge in [-0.05, 0) is 19.3 Å². The average molecular weight is 160 g/mol. The van der Waals surface area contributed by atoms with Crippen molar-refractivity contribution in [1.29, 1.82) is 0 Å². The number of hydrogen-bond donors (Lipinski definition) is 1. The summed E-state index contributed by atoms with van der Waals surface area (Å²) < 4.78 is 10.6. The fraction of sp³-hybridized carbons (Fsp3) is 1.00. The SMILES string of the molecule is COC1(CCO)CCOCC1. The fourth-order valence-corrected chi connectivity index (χ4v) is 1.50. The van der Waals surface area contributed by atoms with Crippen LogP contribution >= 0.6 is 0 Å². The smallest absolute Gasteiger partial charge is 0.0744 e. The quantitative estimate of drug-likeness (QED) is 0.655. The van der Waals surface area contributed by atoms with Crippen molar-refractivity contribution in [2.75, 3.05) is 26.9 Å². The van der Waals surface area contributed by atoms with Crippen LogP contribution in [0.1, 0.15) is 19.3 Å². The third-order valence-electron chi connectivity index (χ3n) is 2.40. The highest BCUT2D eigenvalue weighted by Crippen LogP contribution is 2.27. The summed E-state index contributed by atoms with van der Waals surface area (Å²) in [6, 6.07) is 0. The highest BCUT2D eigenvalue weighted by Gasteiger charge is 2.31. The van der Waals surface area contributed by atoms with E-state index in [0.29, 0.717) is 0 Å². The van der Waals surface area contributed by atoms with Gasteiger partial charge in [-0.25, -0.2) is 0 Å². The summed E-state index contributed by atoms with van der Waals surface area (Å²) in [5.41, 5.74) is -0.104. The van der Waals surface area contributed by atoms with E-state index in [0.717, 1.165) is 32.5 Å². The molecule has 66 valence electrons. The predicted molar refractivity (Wildman–Crippen MR) is 41.5 cm³/mol. The van der Waals surface area contributed by atoms with Crippen LogP contribution in [0.25, 0.3) is 0 Å². The summed E-state index contributed by atoms with van der Waals surface area (Å²) in [4.78, 5) is 0. The van der Waals surface area contributed by atoms with Crippen LogP contribution in [-0.2, 0) is 9.47 Å². The van der Waals surface area contributed by atoms with Crippen LogP contribution in [0.5, 0.6) is 0 Å². The van der Waals surface area contributed by atoms with Gasteiger partial charge >= 0.3 is 0 Å². The lowest BCUT2D eigenvalue weighted by Gasteiger charge is -2.35. The number of rotatable bonds is 3. The second-order valence-corrected chi connectivity index (χ2v) is 2.97. The molecule has 0 saturated carbocycles. The summed E-state index contributed by atoms with van der Waals surface area (Å²) in [7, 11) is 1.71. The van der Waals surface area contributed by atoms with Gasteiger partial charge in [0.2, 0.25) is 0 Å². The zero-order chi connectivity index (χ0) is 8.16. The number of methoxy groups -OCH3 is 1. The molecule has 0 unspecified atom stereocenters. The Morgan fingerprint density at radius 2 is 2.09 bits per heavy atom. The lowest BCUT2D eigenvalue weighted by molar-refractivity contribution is -0.0995. The molecule has 1 saturated heterocycles. The normalized spacial score (nSPS) is 23.5. The zero-order valence-corrected chi connectivity index (χ0v) is 7.01. The highest BCUT2D eigenvalue weighted by molar-refractivity contribution is 4.82. The van der Waals surface area contributed by atoms with Crippen LogP contribution in [0.15, 0.2) is 0 Å². The second kappa shape index (κ2) is 4.04. The van der Waals surface area contributed by atoms with Gasteiger partial charge in [-0.1, -0.05) is 0 Å². The first-order valence-corrected chi connectivity index (χ1v) is 4.07. The minimum Gasteiger partial charge on any atom is -0.396 e. The molecular formula is C8H16O3. The van der Waals surface area contributed by atoms with Crippen molar-refractivity contribution in [3.05, 3.63) is 0 Å². The molecule has 1 rings (SSSR count). The summed E-state index contributed by atoms with van der Waals surface area (Å²) >= 11 is 0. The molecule has 1 fully saturated rings. The van der Waals surface area contributed by atoms with Gasteiger partial charge in [0.25, 0.3) is 0 Å². The van der Waals surface area contributed by atoms with Crippen molar-refractivity contribution >= 4 is 0 Å². The van der Waals surface area contributed by atoms with Crippen LogP contribution in [0, 0.1) is 0 Å². The minimum atomic E-state index is -0.104. The molecule has 1 N–H and O–H groups in total. The Hall–Kier alpha value is -0.120. The molecule has 0 bridgehead atoms. The van der Waals surface area contributed by atoms with Gasteiger partial charge in [-0.15, -0.1) is 0 Å². The third-order valence-corrected chi connectivity index (χ3v) is 2.40. The molecule has 11 heavy (non-hydrogen) atoms. The first-order chi connectivity index (χ1) is 5.33. The van der Waals surface area contributed by atoms with E-state index in [1.165, 1.54) is 0 Å². The van der Waals surface area contributed by atoms with Crippen molar-refractivity contribution in [3.8, 4) is 0 Å². The largest absolute Gasteiger partial charge is 0.396 e. The maximum Gasteiger partial charge on any atom is 0.0744 e. The van der Waals surface area contributed by atoms with E-state index in [1.54, 1.807) is 7.11 Å². The summed E-state index contributed by atoms with van der Waals surface area (Å²) in [5, 5.41) is 8.79. The third kappa shape index (κ3) is 2.15. The van der Waals surface area contributed by atoms with Gasteiger partial charge in [-0.3, -0.25) is 0 Å². The van der Waals surface area contributed by atoms with Crippen molar-refractivity contribution in [1.82, 2.24) is 0 Å². The summed E-state index contributed by atoms with van der Waals surface area (Å²) in [5.74, 6) is 0. The van der Waals surface area contributed by atoms with Crippen LogP contribution in [0.4, 0.5) is 0 Å². The fourth-order valence-electron chi connectivity index (χ4n) is 1.50. The van der Waals surface area contributed by atoms with E-state index >= 15 is 0 Å². The molecule has 0 aliphatic carbocycles. The first kappa shape index (κ1) is 8.97. The van der Waals surface area contributed by atoms with Gasteiger partial charge in [0.15, 0.2) is 0 Å². The van der Waals surface area contributed by atoms with E-state index < -0.39 is 0 Å². The Bertz CT molecular complexity index is 102. The standard InChI is InChI=1S/C8H16O3/c1-10-8(2-5-9)3-6-11-7-4-8/h9H,2-7H2,1H3. The van der Waals surface area contributed by atoms with E-state index in [2.05, 4.69) is 0 Å². The predicted octanol–water partition coefficient (Wildman–Crippen LogP) is 0.564. The maximum absolute atomic E-state index is 8.79. The van der Waals surface area contributed by atoms with Crippen molar-refractivity contribution in [2.45, 2.75) is 24.9 Å². The van der Waals surface area contributed by atoms with Gasteiger partial charge in [-0.2, -0.15) is 0 Å². The van der Waals surface area contributed by atoms with Crippen LogP contribution in [0.3, 0.4) is 0 Å². The van der Waals surface area contributed by atoms with Gasteiger partial charge < -0.3 is 14.6 Å².